The normalized spacial score (nSPS) is 18.8. The van der Waals surface area contributed by atoms with Gasteiger partial charge in [-0.15, -0.1) is 0 Å². The number of aromatic nitrogens is 1. The molecule has 4 nitrogen and oxygen atoms in total. The summed E-state index contributed by atoms with van der Waals surface area (Å²) in [6, 6.07) is 6.23. The second-order valence-corrected chi connectivity index (χ2v) is 10.4. The Morgan fingerprint density at radius 2 is 1.96 bits per heavy atom. The molecule has 2 fully saturated rings. The largest absolute Gasteiger partial charge is 0.370 e. The number of halogens is 1. The van der Waals surface area contributed by atoms with Crippen LogP contribution in [0, 0.1) is 5.92 Å². The van der Waals surface area contributed by atoms with Crippen molar-refractivity contribution in [1.82, 2.24) is 4.98 Å². The van der Waals surface area contributed by atoms with E-state index in [1.165, 1.54) is 5.56 Å². The molecule has 2 aromatic rings. The molecule has 0 amide bonds. The first-order valence-corrected chi connectivity index (χ1v) is 11.0. The van der Waals surface area contributed by atoms with Crippen LogP contribution >= 0.6 is 11.6 Å². The zero-order chi connectivity index (χ0) is 17.8. The molecular weight excluding hydrogens is 356 g/mol. The first-order chi connectivity index (χ1) is 11.8. The average molecular weight is 379 g/mol. The number of nitrogens with zero attached hydrogens (tertiary/aromatic N) is 2. The number of pyridine rings is 1. The maximum atomic E-state index is 12.2. The monoisotopic (exact) mass is 378 g/mol. The van der Waals surface area contributed by atoms with Gasteiger partial charge in [-0.25, -0.2) is 13.4 Å². The fourth-order valence-electron chi connectivity index (χ4n) is 3.76. The highest BCUT2D eigenvalue weighted by Crippen LogP contribution is 2.38. The summed E-state index contributed by atoms with van der Waals surface area (Å²) in [5, 5.41) is 2.68. The van der Waals surface area contributed by atoms with Crippen molar-refractivity contribution in [1.29, 1.82) is 0 Å². The lowest BCUT2D eigenvalue weighted by atomic mass is 9.94. The SMILES string of the molecule is CC(C)c1ccc(N2CC(CS(=O)(=O)C3CC3)C2)c2cnc(Cl)cc12. The summed E-state index contributed by atoms with van der Waals surface area (Å²) in [5.74, 6) is 0.980. The lowest BCUT2D eigenvalue weighted by molar-refractivity contribution is 0.444. The first kappa shape index (κ1) is 17.1. The Hall–Kier alpha value is -1.33. The lowest BCUT2D eigenvalue weighted by Gasteiger charge is -2.41. The Morgan fingerprint density at radius 1 is 1.24 bits per heavy atom. The van der Waals surface area contributed by atoms with Crippen molar-refractivity contribution < 1.29 is 8.42 Å². The quantitative estimate of drug-likeness (QED) is 0.737. The van der Waals surface area contributed by atoms with Gasteiger partial charge in [-0.3, -0.25) is 0 Å². The summed E-state index contributed by atoms with van der Waals surface area (Å²) in [6.45, 7) is 5.94. The molecule has 0 unspecified atom stereocenters. The van der Waals surface area contributed by atoms with Crippen LogP contribution in [0.4, 0.5) is 5.69 Å². The number of benzene rings is 1. The molecule has 0 bridgehead atoms. The number of anilines is 1. The van der Waals surface area contributed by atoms with E-state index in [1.54, 1.807) is 0 Å². The molecule has 2 aliphatic rings. The number of hydrogen-bond acceptors (Lipinski definition) is 4. The molecule has 0 radical (unpaired) electrons. The van der Waals surface area contributed by atoms with Gasteiger partial charge >= 0.3 is 0 Å². The Bertz CT molecular complexity index is 916. The van der Waals surface area contributed by atoms with Gasteiger partial charge in [0.2, 0.25) is 0 Å². The van der Waals surface area contributed by atoms with Crippen LogP contribution in [0.15, 0.2) is 24.4 Å². The third kappa shape index (κ3) is 3.24. The summed E-state index contributed by atoms with van der Waals surface area (Å²) < 4.78 is 24.3. The Morgan fingerprint density at radius 3 is 2.60 bits per heavy atom. The van der Waals surface area contributed by atoms with Crippen LogP contribution in [0.2, 0.25) is 5.15 Å². The Labute approximate surface area is 154 Å². The molecule has 25 heavy (non-hydrogen) atoms. The topological polar surface area (TPSA) is 50.3 Å². The second-order valence-electron chi connectivity index (χ2n) is 7.68. The van der Waals surface area contributed by atoms with Gasteiger partial charge < -0.3 is 4.90 Å². The third-order valence-corrected chi connectivity index (χ3v) is 7.93. The highest BCUT2D eigenvalue weighted by Gasteiger charge is 2.40. The van der Waals surface area contributed by atoms with Crippen LogP contribution < -0.4 is 4.90 Å². The van der Waals surface area contributed by atoms with E-state index in [1.807, 2.05) is 12.3 Å². The Kier molecular flexibility index (Phi) is 4.19. The van der Waals surface area contributed by atoms with Crippen molar-refractivity contribution in [2.75, 3.05) is 23.7 Å². The van der Waals surface area contributed by atoms with E-state index in [-0.39, 0.29) is 11.2 Å². The molecule has 134 valence electrons. The number of fused-ring (bicyclic) bond motifs is 1. The van der Waals surface area contributed by atoms with Gasteiger partial charge in [0.1, 0.15) is 5.15 Å². The van der Waals surface area contributed by atoms with E-state index in [4.69, 9.17) is 11.6 Å². The molecule has 6 heteroatoms. The van der Waals surface area contributed by atoms with E-state index in [0.717, 1.165) is 42.4 Å². The van der Waals surface area contributed by atoms with Crippen LogP contribution in [0.3, 0.4) is 0 Å². The summed E-state index contributed by atoms with van der Waals surface area (Å²) >= 11 is 6.12. The lowest BCUT2D eigenvalue weighted by Crippen LogP contribution is -2.50. The van der Waals surface area contributed by atoms with Crippen LogP contribution in [0.1, 0.15) is 38.2 Å². The minimum absolute atomic E-state index is 0.0564. The molecule has 4 rings (SSSR count). The van der Waals surface area contributed by atoms with Gasteiger partial charge in [0, 0.05) is 36.3 Å². The van der Waals surface area contributed by atoms with Crippen molar-refractivity contribution >= 4 is 37.9 Å². The molecular formula is C19H23ClN2O2S. The highest BCUT2D eigenvalue weighted by atomic mass is 35.5. The molecule has 0 N–H and O–H groups in total. The van der Waals surface area contributed by atoms with E-state index in [0.29, 0.717) is 16.8 Å². The van der Waals surface area contributed by atoms with Crippen molar-refractivity contribution in [3.8, 4) is 0 Å². The maximum absolute atomic E-state index is 12.2. The van der Waals surface area contributed by atoms with E-state index in [9.17, 15) is 8.42 Å². The van der Waals surface area contributed by atoms with Gasteiger partial charge in [-0.2, -0.15) is 0 Å². The molecule has 1 saturated carbocycles. The first-order valence-electron chi connectivity index (χ1n) is 8.90. The predicted octanol–water partition coefficient (Wildman–Crippen LogP) is 4.03. The fraction of sp³-hybridized carbons (Fsp3) is 0.526. The number of rotatable bonds is 5. The molecule has 1 aromatic carbocycles. The van der Waals surface area contributed by atoms with Crippen LogP contribution in [0.25, 0.3) is 10.8 Å². The van der Waals surface area contributed by atoms with E-state index < -0.39 is 9.84 Å². The molecule has 0 atom stereocenters. The average Bonchev–Trinajstić information content (AvgIpc) is 3.34. The van der Waals surface area contributed by atoms with Gasteiger partial charge in [-0.05, 0) is 41.8 Å². The molecule has 1 aliphatic carbocycles. The van der Waals surface area contributed by atoms with E-state index in [2.05, 4.69) is 35.9 Å². The van der Waals surface area contributed by atoms with Crippen LogP contribution in [0.5, 0.6) is 0 Å². The van der Waals surface area contributed by atoms with Gasteiger partial charge in [0.25, 0.3) is 0 Å². The fourth-order valence-corrected chi connectivity index (χ4v) is 5.92. The van der Waals surface area contributed by atoms with Crippen molar-refractivity contribution in [3.05, 3.63) is 35.1 Å². The minimum atomic E-state index is -2.88. The molecule has 1 aromatic heterocycles. The molecule has 2 heterocycles. The standard InChI is InChI=1S/C19H23ClN2O2S/c1-12(2)15-5-6-18(17-8-21-19(20)7-16(15)17)22-9-13(10-22)11-25(23,24)14-3-4-14/h5-8,12-14H,3-4,9-11H2,1-2H3. The van der Waals surface area contributed by atoms with Crippen molar-refractivity contribution in [2.45, 2.75) is 37.9 Å². The summed E-state index contributed by atoms with van der Waals surface area (Å²) in [6.07, 6.45) is 3.55. The summed E-state index contributed by atoms with van der Waals surface area (Å²) in [4.78, 5) is 6.52. The van der Waals surface area contributed by atoms with Crippen molar-refractivity contribution in [3.63, 3.8) is 0 Å². The van der Waals surface area contributed by atoms with Gasteiger partial charge in [-0.1, -0.05) is 31.5 Å². The van der Waals surface area contributed by atoms with E-state index >= 15 is 0 Å². The highest BCUT2D eigenvalue weighted by molar-refractivity contribution is 7.92. The predicted molar refractivity (Wildman–Crippen MR) is 103 cm³/mol. The summed E-state index contributed by atoms with van der Waals surface area (Å²) in [5.41, 5.74) is 2.39. The Balaban J connectivity index is 1.58. The number of sulfone groups is 1. The van der Waals surface area contributed by atoms with Crippen LogP contribution in [-0.2, 0) is 9.84 Å². The van der Waals surface area contributed by atoms with Crippen molar-refractivity contribution in [2.24, 2.45) is 5.92 Å². The van der Waals surface area contributed by atoms with Gasteiger partial charge in [0.05, 0.1) is 11.0 Å². The zero-order valence-electron chi connectivity index (χ0n) is 14.6. The smallest absolute Gasteiger partial charge is 0.153 e. The van der Waals surface area contributed by atoms with Crippen LogP contribution in [-0.4, -0.2) is 37.5 Å². The second kappa shape index (κ2) is 6.13. The number of hydrogen-bond donors (Lipinski definition) is 0. The third-order valence-electron chi connectivity index (χ3n) is 5.30. The zero-order valence-corrected chi connectivity index (χ0v) is 16.1. The summed E-state index contributed by atoms with van der Waals surface area (Å²) in [7, 11) is -2.88. The van der Waals surface area contributed by atoms with Gasteiger partial charge in [0.15, 0.2) is 9.84 Å². The maximum Gasteiger partial charge on any atom is 0.153 e. The molecule has 1 aliphatic heterocycles. The molecule has 0 spiro atoms. The molecule has 1 saturated heterocycles. The minimum Gasteiger partial charge on any atom is -0.370 e.